The van der Waals surface area contributed by atoms with Crippen LogP contribution < -0.4 is 9.47 Å². The lowest BCUT2D eigenvalue weighted by molar-refractivity contribution is 0.401. The summed E-state index contributed by atoms with van der Waals surface area (Å²) in [4.78, 5) is -0.921. The van der Waals surface area contributed by atoms with Gasteiger partial charge in [-0.05, 0) is 19.3 Å². The maximum atomic E-state index is 9.75. The van der Waals surface area contributed by atoms with E-state index >= 15 is 0 Å². The van der Waals surface area contributed by atoms with E-state index in [1.807, 2.05) is 24.3 Å². The predicted octanol–water partition coefficient (Wildman–Crippen LogP) is 4.72. The van der Waals surface area contributed by atoms with E-state index in [-0.39, 0.29) is 5.92 Å². The van der Waals surface area contributed by atoms with E-state index in [9.17, 15) is 5.26 Å². The highest BCUT2D eigenvalue weighted by Gasteiger charge is 2.49. The molecule has 0 amide bonds. The third-order valence-electron chi connectivity index (χ3n) is 5.27. The Kier molecular flexibility index (Phi) is 3.47. The number of nitriles is 1. The van der Waals surface area contributed by atoms with Crippen molar-refractivity contribution in [2.24, 2.45) is 0 Å². The lowest BCUT2D eigenvalue weighted by Gasteiger charge is -2.32. The highest BCUT2D eigenvalue weighted by Crippen LogP contribution is 2.58. The monoisotopic (exact) mass is 339 g/mol. The van der Waals surface area contributed by atoms with Gasteiger partial charge in [0.05, 0.1) is 20.3 Å². The van der Waals surface area contributed by atoms with Crippen molar-refractivity contribution in [2.45, 2.75) is 30.1 Å². The molecule has 0 saturated carbocycles. The molecule has 0 spiro atoms. The zero-order chi connectivity index (χ0) is 16.9. The summed E-state index contributed by atoms with van der Waals surface area (Å²) < 4.78 is 11.6. The van der Waals surface area contributed by atoms with E-state index in [1.165, 1.54) is 5.57 Å². The van der Waals surface area contributed by atoms with Gasteiger partial charge in [0, 0.05) is 27.8 Å². The van der Waals surface area contributed by atoms with Crippen LogP contribution in [0.1, 0.15) is 29.9 Å². The van der Waals surface area contributed by atoms with Crippen molar-refractivity contribution in [1.29, 1.82) is 5.26 Å². The molecule has 0 aliphatic heterocycles. The first-order valence-electron chi connectivity index (χ1n) is 8.09. The highest BCUT2D eigenvalue weighted by atomic mass is 35.5. The smallest absolute Gasteiger partial charge is 0.142 e. The number of nitrogens with zero attached hydrogens (tertiary/aromatic N) is 1. The molecular formula is C20H18ClNO2. The number of halogens is 1. The molecule has 0 N–H and O–H groups in total. The number of alkyl halides is 1. The van der Waals surface area contributed by atoms with E-state index in [1.54, 1.807) is 14.2 Å². The van der Waals surface area contributed by atoms with Crippen molar-refractivity contribution in [3.05, 3.63) is 47.0 Å². The Balaban J connectivity index is 2.12. The molecule has 0 aromatic heterocycles. The molecular weight excluding hydrogens is 322 g/mol. The Bertz CT molecular complexity index is 912. The molecule has 2 aliphatic carbocycles. The summed E-state index contributed by atoms with van der Waals surface area (Å²) >= 11 is 6.77. The summed E-state index contributed by atoms with van der Waals surface area (Å²) in [6.45, 7) is 0. The minimum absolute atomic E-state index is 0.138. The maximum absolute atomic E-state index is 9.75. The molecule has 122 valence electrons. The zero-order valence-corrected chi connectivity index (χ0v) is 14.5. The third-order valence-corrected chi connectivity index (χ3v) is 5.76. The fourth-order valence-corrected chi connectivity index (χ4v) is 4.68. The quantitative estimate of drug-likeness (QED) is 0.587. The normalized spacial score (nSPS) is 24.8. The van der Waals surface area contributed by atoms with Gasteiger partial charge in [-0.15, -0.1) is 11.6 Å². The molecule has 3 nitrogen and oxygen atoms in total. The third kappa shape index (κ3) is 1.90. The second-order valence-corrected chi connectivity index (χ2v) is 7.08. The van der Waals surface area contributed by atoms with Crippen LogP contribution in [0.3, 0.4) is 0 Å². The first-order valence-corrected chi connectivity index (χ1v) is 8.47. The Labute approximate surface area is 146 Å². The maximum Gasteiger partial charge on any atom is 0.142 e. The van der Waals surface area contributed by atoms with Crippen molar-refractivity contribution in [3.8, 4) is 17.6 Å². The number of allylic oxidation sites excluding steroid dienone is 2. The molecule has 2 aromatic carbocycles. The first-order chi connectivity index (χ1) is 11.6. The van der Waals surface area contributed by atoms with E-state index in [0.29, 0.717) is 6.42 Å². The van der Waals surface area contributed by atoms with Crippen LogP contribution in [0.2, 0.25) is 0 Å². The fourth-order valence-electron chi connectivity index (χ4n) is 4.32. The Morgan fingerprint density at radius 1 is 1.17 bits per heavy atom. The van der Waals surface area contributed by atoms with Crippen molar-refractivity contribution in [2.75, 3.05) is 14.2 Å². The number of ether oxygens (including phenoxy) is 2. The molecule has 2 aliphatic rings. The number of fused-ring (bicyclic) bond motifs is 4. The largest absolute Gasteiger partial charge is 0.496 e. The number of hydrogen-bond acceptors (Lipinski definition) is 3. The van der Waals surface area contributed by atoms with Crippen molar-refractivity contribution in [1.82, 2.24) is 0 Å². The predicted molar refractivity (Wildman–Crippen MR) is 95.0 cm³/mol. The molecule has 0 heterocycles. The lowest BCUT2D eigenvalue weighted by Crippen LogP contribution is -2.31. The molecule has 4 heteroatoms. The van der Waals surface area contributed by atoms with E-state index in [0.717, 1.165) is 46.2 Å². The van der Waals surface area contributed by atoms with E-state index < -0.39 is 4.87 Å². The van der Waals surface area contributed by atoms with Gasteiger partial charge in [0.1, 0.15) is 16.4 Å². The topological polar surface area (TPSA) is 42.2 Å². The molecule has 1 unspecified atom stereocenters. The van der Waals surface area contributed by atoms with Crippen LogP contribution in [-0.2, 0) is 6.42 Å². The summed E-state index contributed by atoms with van der Waals surface area (Å²) in [6.07, 6.45) is 4.48. The summed E-state index contributed by atoms with van der Waals surface area (Å²) in [6, 6.07) is 10.4. The van der Waals surface area contributed by atoms with Crippen LogP contribution in [0.25, 0.3) is 10.8 Å². The van der Waals surface area contributed by atoms with Crippen molar-refractivity contribution >= 4 is 22.4 Å². The van der Waals surface area contributed by atoms with Crippen LogP contribution >= 0.6 is 11.6 Å². The lowest BCUT2D eigenvalue weighted by atomic mass is 9.77. The van der Waals surface area contributed by atoms with Crippen LogP contribution in [0.5, 0.6) is 11.5 Å². The zero-order valence-electron chi connectivity index (χ0n) is 13.7. The first kappa shape index (κ1) is 15.4. The molecule has 0 radical (unpaired) electrons. The summed E-state index contributed by atoms with van der Waals surface area (Å²) in [5.74, 6) is 1.55. The van der Waals surface area contributed by atoms with Gasteiger partial charge in [-0.3, -0.25) is 0 Å². The van der Waals surface area contributed by atoms with Gasteiger partial charge in [0.25, 0.3) is 0 Å². The minimum Gasteiger partial charge on any atom is -0.496 e. The second-order valence-electron chi connectivity index (χ2n) is 6.41. The molecule has 0 saturated heterocycles. The van der Waals surface area contributed by atoms with Crippen LogP contribution in [0, 0.1) is 11.3 Å². The Hall–Kier alpha value is -2.18. The van der Waals surface area contributed by atoms with Gasteiger partial charge in [-0.25, -0.2) is 0 Å². The molecule has 2 atom stereocenters. The average Bonchev–Trinajstić information content (AvgIpc) is 3.00. The standard InChI is InChI=1S/C20H18ClNO2/c1-23-18-13-7-3-4-8-14(13)19(24-2)16-15(18)10-12-6-5-9-20(21,11-22)17(12)16/h3-4,6-8,17H,5,9-10H2,1-2H3/t17-,20?/m0/s1. The van der Waals surface area contributed by atoms with Crippen LogP contribution in [0.15, 0.2) is 35.9 Å². The van der Waals surface area contributed by atoms with Gasteiger partial charge < -0.3 is 9.47 Å². The van der Waals surface area contributed by atoms with Gasteiger partial charge in [0.15, 0.2) is 0 Å². The van der Waals surface area contributed by atoms with Gasteiger partial charge in [0.2, 0.25) is 0 Å². The summed E-state index contributed by atoms with van der Waals surface area (Å²) in [7, 11) is 3.38. The van der Waals surface area contributed by atoms with Crippen molar-refractivity contribution in [3.63, 3.8) is 0 Å². The number of rotatable bonds is 2. The molecule has 4 rings (SSSR count). The average molecular weight is 340 g/mol. The van der Waals surface area contributed by atoms with Gasteiger partial charge >= 0.3 is 0 Å². The molecule has 0 bridgehead atoms. The number of hydrogen-bond donors (Lipinski definition) is 0. The molecule has 24 heavy (non-hydrogen) atoms. The summed E-state index contributed by atoms with van der Waals surface area (Å²) in [5.41, 5.74) is 3.33. The number of benzene rings is 2. The Morgan fingerprint density at radius 2 is 1.83 bits per heavy atom. The highest BCUT2D eigenvalue weighted by molar-refractivity contribution is 6.27. The Morgan fingerprint density at radius 3 is 2.46 bits per heavy atom. The minimum atomic E-state index is -0.921. The number of methoxy groups -OCH3 is 2. The summed E-state index contributed by atoms with van der Waals surface area (Å²) in [5, 5.41) is 11.8. The van der Waals surface area contributed by atoms with Crippen LogP contribution in [-0.4, -0.2) is 19.1 Å². The van der Waals surface area contributed by atoms with Crippen molar-refractivity contribution < 1.29 is 9.47 Å². The van der Waals surface area contributed by atoms with Crippen LogP contribution in [0.4, 0.5) is 0 Å². The van der Waals surface area contributed by atoms with Gasteiger partial charge in [-0.1, -0.05) is 35.9 Å². The fraction of sp³-hybridized carbons (Fsp3) is 0.350. The SMILES string of the molecule is COc1c2c(c(OC)c3ccccc13)[C@@H]1C(=CCCC1(Cl)C#N)C2. The van der Waals surface area contributed by atoms with E-state index in [2.05, 4.69) is 12.1 Å². The molecule has 0 fully saturated rings. The molecule has 2 aromatic rings. The second kappa shape index (κ2) is 5.43. The van der Waals surface area contributed by atoms with E-state index in [4.69, 9.17) is 21.1 Å². The van der Waals surface area contributed by atoms with Gasteiger partial charge in [-0.2, -0.15) is 5.26 Å².